The molecule has 0 amide bonds. The third-order valence-corrected chi connectivity index (χ3v) is 4.78. The Morgan fingerprint density at radius 3 is 2.14 bits per heavy atom. The molecule has 0 saturated heterocycles. The first-order valence-corrected chi connectivity index (χ1v) is 7.77. The lowest BCUT2D eigenvalue weighted by atomic mass is 9.63. The third kappa shape index (κ3) is 2.36. The van der Waals surface area contributed by atoms with Crippen LogP contribution in [0.4, 0.5) is 0 Å². The van der Waals surface area contributed by atoms with Gasteiger partial charge in [-0.1, -0.05) is 36.8 Å². The molecule has 1 heterocycles. The van der Waals surface area contributed by atoms with Crippen molar-refractivity contribution in [3.63, 3.8) is 0 Å². The standard InChI is InChI=1S/C18H23N3/c1-13-16(9-12-19)14(2)21-17(20-13)18(10-6-11-18)15-7-4-3-5-8-15/h3-5,7-8H,6,9-12,19H2,1-2H3. The van der Waals surface area contributed by atoms with Crippen LogP contribution in [0.5, 0.6) is 0 Å². The van der Waals surface area contributed by atoms with Gasteiger partial charge in [-0.25, -0.2) is 9.97 Å². The summed E-state index contributed by atoms with van der Waals surface area (Å²) in [6.07, 6.45) is 4.40. The first kappa shape index (κ1) is 14.2. The Kier molecular flexibility index (Phi) is 3.77. The molecule has 1 saturated carbocycles. The summed E-state index contributed by atoms with van der Waals surface area (Å²) in [5, 5.41) is 0. The monoisotopic (exact) mass is 281 g/mol. The molecular formula is C18H23N3. The maximum atomic E-state index is 5.70. The second kappa shape index (κ2) is 5.57. The predicted molar refractivity (Wildman–Crippen MR) is 85.3 cm³/mol. The molecule has 0 bridgehead atoms. The third-order valence-electron chi connectivity index (χ3n) is 4.78. The van der Waals surface area contributed by atoms with Crippen LogP contribution < -0.4 is 5.73 Å². The van der Waals surface area contributed by atoms with Crippen molar-refractivity contribution in [2.75, 3.05) is 6.54 Å². The van der Waals surface area contributed by atoms with Gasteiger partial charge in [0.15, 0.2) is 0 Å². The maximum Gasteiger partial charge on any atom is 0.139 e. The van der Waals surface area contributed by atoms with Crippen molar-refractivity contribution >= 4 is 0 Å². The highest BCUT2D eigenvalue weighted by Crippen LogP contribution is 2.47. The number of nitrogens with zero attached hydrogens (tertiary/aromatic N) is 2. The van der Waals surface area contributed by atoms with Gasteiger partial charge < -0.3 is 5.73 Å². The summed E-state index contributed by atoms with van der Waals surface area (Å²) in [6, 6.07) is 10.7. The Labute approximate surface area is 126 Å². The van der Waals surface area contributed by atoms with Gasteiger partial charge in [0, 0.05) is 11.4 Å². The number of aryl methyl sites for hydroxylation is 2. The maximum absolute atomic E-state index is 5.70. The van der Waals surface area contributed by atoms with Crippen LogP contribution in [-0.4, -0.2) is 16.5 Å². The highest BCUT2D eigenvalue weighted by Gasteiger charge is 2.43. The molecule has 3 nitrogen and oxygen atoms in total. The molecule has 0 radical (unpaired) electrons. The van der Waals surface area contributed by atoms with E-state index in [2.05, 4.69) is 44.2 Å². The number of hydrogen-bond donors (Lipinski definition) is 1. The lowest BCUT2D eigenvalue weighted by Gasteiger charge is -2.41. The molecule has 0 spiro atoms. The average molecular weight is 281 g/mol. The van der Waals surface area contributed by atoms with Crippen LogP contribution in [0.3, 0.4) is 0 Å². The molecule has 2 N–H and O–H groups in total. The van der Waals surface area contributed by atoms with Crippen LogP contribution in [0.25, 0.3) is 0 Å². The lowest BCUT2D eigenvalue weighted by Crippen LogP contribution is -2.38. The first-order valence-electron chi connectivity index (χ1n) is 7.77. The average Bonchev–Trinajstić information content (AvgIpc) is 2.43. The van der Waals surface area contributed by atoms with E-state index in [1.165, 1.54) is 17.5 Å². The van der Waals surface area contributed by atoms with Crippen LogP contribution in [0.15, 0.2) is 30.3 Å². The Morgan fingerprint density at radius 1 is 1.05 bits per heavy atom. The van der Waals surface area contributed by atoms with Gasteiger partial charge in [-0.2, -0.15) is 0 Å². The minimum atomic E-state index is 0.0258. The van der Waals surface area contributed by atoms with Crippen LogP contribution in [0.1, 0.15) is 47.6 Å². The molecule has 0 atom stereocenters. The second-order valence-electron chi connectivity index (χ2n) is 6.04. The van der Waals surface area contributed by atoms with E-state index in [-0.39, 0.29) is 5.41 Å². The van der Waals surface area contributed by atoms with Crippen LogP contribution in [-0.2, 0) is 11.8 Å². The molecule has 0 unspecified atom stereocenters. The van der Waals surface area contributed by atoms with E-state index in [0.717, 1.165) is 36.5 Å². The normalized spacial score (nSPS) is 16.5. The first-order chi connectivity index (χ1) is 10.2. The van der Waals surface area contributed by atoms with Gasteiger partial charge in [-0.15, -0.1) is 0 Å². The number of benzene rings is 1. The smallest absolute Gasteiger partial charge is 0.139 e. The Bertz CT molecular complexity index is 607. The minimum absolute atomic E-state index is 0.0258. The van der Waals surface area contributed by atoms with Crippen LogP contribution in [0.2, 0.25) is 0 Å². The zero-order chi connectivity index (χ0) is 14.9. The summed E-state index contributed by atoms with van der Waals surface area (Å²) >= 11 is 0. The summed E-state index contributed by atoms with van der Waals surface area (Å²) in [4.78, 5) is 9.71. The van der Waals surface area contributed by atoms with Crippen molar-refractivity contribution in [2.45, 2.75) is 44.9 Å². The summed E-state index contributed by atoms with van der Waals surface area (Å²) in [5.41, 5.74) is 10.5. The Hall–Kier alpha value is -1.74. The van der Waals surface area contributed by atoms with E-state index in [4.69, 9.17) is 15.7 Å². The van der Waals surface area contributed by atoms with E-state index < -0.39 is 0 Å². The van der Waals surface area contributed by atoms with Gasteiger partial charge in [-0.05, 0) is 50.8 Å². The number of rotatable bonds is 4. The Balaban J connectivity index is 2.07. The van der Waals surface area contributed by atoms with Gasteiger partial charge in [0.05, 0.1) is 5.41 Å². The van der Waals surface area contributed by atoms with Gasteiger partial charge in [0.25, 0.3) is 0 Å². The Morgan fingerprint density at radius 2 is 1.67 bits per heavy atom. The fourth-order valence-electron chi connectivity index (χ4n) is 3.39. The largest absolute Gasteiger partial charge is 0.330 e. The highest BCUT2D eigenvalue weighted by molar-refractivity contribution is 5.37. The highest BCUT2D eigenvalue weighted by atomic mass is 14.9. The SMILES string of the molecule is Cc1nc(C2(c3ccccc3)CCC2)nc(C)c1CCN. The molecular weight excluding hydrogens is 258 g/mol. The molecule has 1 aliphatic rings. The van der Waals surface area contributed by atoms with Gasteiger partial charge in [0.1, 0.15) is 5.82 Å². The zero-order valence-corrected chi connectivity index (χ0v) is 12.9. The molecule has 3 rings (SSSR count). The predicted octanol–water partition coefficient (Wildman–Crippen LogP) is 3.06. The van der Waals surface area contributed by atoms with Crippen molar-refractivity contribution in [3.8, 4) is 0 Å². The fraction of sp³-hybridized carbons (Fsp3) is 0.444. The van der Waals surface area contributed by atoms with Crippen molar-refractivity contribution in [3.05, 3.63) is 58.7 Å². The zero-order valence-electron chi connectivity index (χ0n) is 12.9. The van der Waals surface area contributed by atoms with E-state index >= 15 is 0 Å². The number of hydrogen-bond acceptors (Lipinski definition) is 3. The van der Waals surface area contributed by atoms with Gasteiger partial charge in [-0.3, -0.25) is 0 Å². The minimum Gasteiger partial charge on any atom is -0.330 e. The summed E-state index contributed by atoms with van der Waals surface area (Å²) < 4.78 is 0. The second-order valence-corrected chi connectivity index (χ2v) is 6.04. The molecule has 3 heteroatoms. The van der Waals surface area contributed by atoms with Crippen molar-refractivity contribution in [1.29, 1.82) is 0 Å². The number of nitrogens with two attached hydrogens (primary N) is 1. The molecule has 1 aromatic heterocycles. The summed E-state index contributed by atoms with van der Waals surface area (Å²) in [6.45, 7) is 4.81. The molecule has 1 fully saturated rings. The molecule has 1 aliphatic carbocycles. The van der Waals surface area contributed by atoms with Gasteiger partial charge in [0.2, 0.25) is 0 Å². The van der Waals surface area contributed by atoms with Crippen molar-refractivity contribution in [1.82, 2.24) is 9.97 Å². The van der Waals surface area contributed by atoms with Crippen LogP contribution in [0, 0.1) is 13.8 Å². The van der Waals surface area contributed by atoms with Crippen molar-refractivity contribution < 1.29 is 0 Å². The van der Waals surface area contributed by atoms with Crippen LogP contribution >= 0.6 is 0 Å². The van der Waals surface area contributed by atoms with E-state index in [0.29, 0.717) is 6.54 Å². The molecule has 2 aromatic rings. The van der Waals surface area contributed by atoms with E-state index in [1.807, 2.05) is 0 Å². The van der Waals surface area contributed by atoms with E-state index in [1.54, 1.807) is 0 Å². The van der Waals surface area contributed by atoms with E-state index in [9.17, 15) is 0 Å². The van der Waals surface area contributed by atoms with Gasteiger partial charge >= 0.3 is 0 Å². The molecule has 21 heavy (non-hydrogen) atoms. The van der Waals surface area contributed by atoms with Crippen molar-refractivity contribution in [2.24, 2.45) is 5.73 Å². The quantitative estimate of drug-likeness (QED) is 0.937. The summed E-state index contributed by atoms with van der Waals surface area (Å²) in [7, 11) is 0. The lowest BCUT2D eigenvalue weighted by molar-refractivity contribution is 0.284. The topological polar surface area (TPSA) is 51.8 Å². The molecule has 0 aliphatic heterocycles. The molecule has 1 aromatic carbocycles. The fourth-order valence-corrected chi connectivity index (χ4v) is 3.39. The summed E-state index contributed by atoms with van der Waals surface area (Å²) in [5.74, 6) is 0.996. The molecule has 110 valence electrons. The number of aromatic nitrogens is 2.